The van der Waals surface area contributed by atoms with Gasteiger partial charge in [-0.15, -0.1) is 0 Å². The van der Waals surface area contributed by atoms with Crippen LogP contribution >= 0.6 is 0 Å². The quantitative estimate of drug-likeness (QED) is 0.851. The van der Waals surface area contributed by atoms with Gasteiger partial charge >= 0.3 is 0 Å². The van der Waals surface area contributed by atoms with E-state index in [1.165, 1.54) is 0 Å². The molecule has 0 radical (unpaired) electrons. The molecule has 0 saturated heterocycles. The Kier molecular flexibility index (Phi) is 3.74. The van der Waals surface area contributed by atoms with Crippen molar-refractivity contribution in [2.45, 2.75) is 31.3 Å². The van der Waals surface area contributed by atoms with Gasteiger partial charge in [0.1, 0.15) is 0 Å². The summed E-state index contributed by atoms with van der Waals surface area (Å²) in [5, 5.41) is 3.90. The van der Waals surface area contributed by atoms with Crippen molar-refractivity contribution in [3.63, 3.8) is 0 Å². The van der Waals surface area contributed by atoms with Crippen molar-refractivity contribution in [3.05, 3.63) is 65.2 Å². The summed E-state index contributed by atoms with van der Waals surface area (Å²) in [5.41, 5.74) is 3.10. The van der Waals surface area contributed by atoms with Gasteiger partial charge in [0.15, 0.2) is 11.1 Å². The van der Waals surface area contributed by atoms with Crippen LogP contribution in [0, 0.1) is 13.8 Å². The number of hydrogen-bond acceptors (Lipinski definition) is 4. The van der Waals surface area contributed by atoms with E-state index in [0.29, 0.717) is 0 Å². The van der Waals surface area contributed by atoms with E-state index in [1.807, 2.05) is 38.1 Å². The molecule has 22 heavy (non-hydrogen) atoms. The van der Waals surface area contributed by atoms with Crippen LogP contribution in [0.25, 0.3) is 0 Å². The predicted octanol–water partition coefficient (Wildman–Crippen LogP) is 3.55. The molecule has 4 nitrogen and oxygen atoms in total. The first-order valence-electron chi connectivity index (χ1n) is 7.08. The fraction of sp³-hybridized carbons (Fsp3) is 0.235. The Morgan fingerprint density at radius 1 is 0.955 bits per heavy atom. The van der Waals surface area contributed by atoms with E-state index in [1.54, 1.807) is 24.3 Å². The summed E-state index contributed by atoms with van der Waals surface area (Å²) in [4.78, 5) is 5.59. The molecule has 0 amide bonds. The highest BCUT2D eigenvalue weighted by molar-refractivity contribution is 8.06. The average Bonchev–Trinajstić information content (AvgIpc) is 2.99. The molecule has 2 aromatic rings. The Morgan fingerprint density at radius 3 is 2.09 bits per heavy atom. The Balaban J connectivity index is 1.82. The Labute approximate surface area is 130 Å². The van der Waals surface area contributed by atoms with Gasteiger partial charge in [0.2, 0.25) is 9.84 Å². The van der Waals surface area contributed by atoms with Gasteiger partial charge in [0.05, 0.1) is 4.90 Å². The zero-order chi connectivity index (χ0) is 15.7. The van der Waals surface area contributed by atoms with E-state index in [9.17, 15) is 8.42 Å². The van der Waals surface area contributed by atoms with Crippen LogP contribution in [0.3, 0.4) is 0 Å². The second-order valence-electron chi connectivity index (χ2n) is 5.51. The van der Waals surface area contributed by atoms with Gasteiger partial charge in [-0.1, -0.05) is 52.7 Å². The van der Waals surface area contributed by atoms with Gasteiger partial charge in [0, 0.05) is 6.42 Å². The molecule has 1 aliphatic heterocycles. The van der Waals surface area contributed by atoms with E-state index in [4.69, 9.17) is 4.84 Å². The molecule has 3 rings (SSSR count). The minimum atomic E-state index is -3.58. The van der Waals surface area contributed by atoms with Crippen molar-refractivity contribution in [2.24, 2.45) is 5.16 Å². The van der Waals surface area contributed by atoms with Crippen molar-refractivity contribution < 1.29 is 13.3 Å². The van der Waals surface area contributed by atoms with Crippen molar-refractivity contribution >= 4 is 14.9 Å². The number of oxime groups is 1. The van der Waals surface area contributed by atoms with Crippen LogP contribution in [0.1, 0.15) is 29.2 Å². The second-order valence-corrected chi connectivity index (χ2v) is 7.46. The van der Waals surface area contributed by atoms with Gasteiger partial charge in [-0.25, -0.2) is 8.42 Å². The van der Waals surface area contributed by atoms with E-state index in [2.05, 4.69) is 5.16 Å². The van der Waals surface area contributed by atoms with Crippen molar-refractivity contribution in [2.75, 3.05) is 0 Å². The molecule has 0 aromatic heterocycles. The Bertz CT molecular complexity index is 806. The fourth-order valence-electron chi connectivity index (χ4n) is 2.33. The zero-order valence-corrected chi connectivity index (χ0v) is 13.3. The summed E-state index contributed by atoms with van der Waals surface area (Å²) in [7, 11) is -3.58. The zero-order valence-electron chi connectivity index (χ0n) is 12.5. The number of nitrogens with zero attached hydrogens (tertiary/aromatic N) is 1. The van der Waals surface area contributed by atoms with E-state index in [-0.39, 0.29) is 22.5 Å². The maximum Gasteiger partial charge on any atom is 0.223 e. The van der Waals surface area contributed by atoms with Crippen LogP contribution in [0.2, 0.25) is 0 Å². The van der Waals surface area contributed by atoms with Crippen LogP contribution in [-0.2, 0) is 14.7 Å². The number of sulfone groups is 1. The molecule has 5 heteroatoms. The summed E-state index contributed by atoms with van der Waals surface area (Å²) in [6.07, 6.45) is -0.0740. The molecule has 0 saturated carbocycles. The van der Waals surface area contributed by atoms with Crippen molar-refractivity contribution in [1.82, 2.24) is 0 Å². The molecule has 1 unspecified atom stereocenters. The molecule has 0 fully saturated rings. The third-order valence-electron chi connectivity index (χ3n) is 3.73. The third kappa shape index (κ3) is 2.76. The predicted molar refractivity (Wildman–Crippen MR) is 85.4 cm³/mol. The lowest BCUT2D eigenvalue weighted by Gasteiger charge is -2.08. The van der Waals surface area contributed by atoms with Gasteiger partial charge in [-0.05, 0) is 31.5 Å². The van der Waals surface area contributed by atoms with Gasteiger partial charge in [-0.2, -0.15) is 0 Å². The molecule has 2 aromatic carbocycles. The third-order valence-corrected chi connectivity index (χ3v) is 5.49. The highest BCUT2D eigenvalue weighted by Crippen LogP contribution is 2.31. The van der Waals surface area contributed by atoms with Crippen LogP contribution in [-0.4, -0.2) is 13.5 Å². The topological polar surface area (TPSA) is 55.7 Å². The second kappa shape index (κ2) is 5.57. The molecule has 114 valence electrons. The lowest BCUT2D eigenvalue weighted by molar-refractivity contribution is 0.0857. The lowest BCUT2D eigenvalue weighted by atomic mass is 10.1. The summed E-state index contributed by atoms with van der Waals surface area (Å²) >= 11 is 0. The van der Waals surface area contributed by atoms with Crippen molar-refractivity contribution in [1.29, 1.82) is 0 Å². The molecule has 0 bridgehead atoms. The van der Waals surface area contributed by atoms with Crippen molar-refractivity contribution in [3.8, 4) is 0 Å². The molecule has 1 heterocycles. The van der Waals surface area contributed by atoms with E-state index >= 15 is 0 Å². The minimum Gasteiger partial charge on any atom is -0.386 e. The molecule has 0 spiro atoms. The van der Waals surface area contributed by atoms with Crippen LogP contribution in [0.15, 0.2) is 58.6 Å². The van der Waals surface area contributed by atoms with Gasteiger partial charge in [0.25, 0.3) is 0 Å². The average molecular weight is 315 g/mol. The number of benzene rings is 2. The summed E-state index contributed by atoms with van der Waals surface area (Å²) in [6.45, 7) is 3.92. The highest BCUT2D eigenvalue weighted by Gasteiger charge is 2.32. The molecule has 1 atom stereocenters. The lowest BCUT2D eigenvalue weighted by Crippen LogP contribution is -2.14. The molecular weight excluding hydrogens is 298 g/mol. The van der Waals surface area contributed by atoms with Gasteiger partial charge < -0.3 is 4.84 Å². The number of aryl methyl sites for hydroxylation is 2. The highest BCUT2D eigenvalue weighted by atomic mass is 32.2. The van der Waals surface area contributed by atoms with Crippen LogP contribution in [0.4, 0.5) is 0 Å². The first-order chi connectivity index (χ1) is 10.5. The first kappa shape index (κ1) is 14.8. The van der Waals surface area contributed by atoms with Gasteiger partial charge in [-0.3, -0.25) is 0 Å². The SMILES string of the molecule is Cc1ccc(C2CC(S(=O)(=O)c3ccc(C)cc3)=NO2)cc1. The monoisotopic (exact) mass is 315 g/mol. The number of rotatable bonds is 2. The smallest absolute Gasteiger partial charge is 0.223 e. The maximum atomic E-state index is 12.6. The first-order valence-corrected chi connectivity index (χ1v) is 8.56. The standard InChI is InChI=1S/C17H17NO3S/c1-12-3-7-14(8-4-12)16-11-17(18-21-16)22(19,20)15-9-5-13(2)6-10-15/h3-10,16H,11H2,1-2H3. The van der Waals surface area contributed by atoms with Crippen LogP contribution in [0.5, 0.6) is 0 Å². The minimum absolute atomic E-state index is 0.0851. The molecular formula is C17H17NO3S. The summed E-state index contributed by atoms with van der Waals surface area (Å²) < 4.78 is 25.1. The molecule has 1 aliphatic rings. The van der Waals surface area contributed by atoms with Crippen LogP contribution < -0.4 is 0 Å². The number of hydrogen-bond donors (Lipinski definition) is 0. The fourth-order valence-corrected chi connectivity index (χ4v) is 3.61. The summed E-state index contributed by atoms with van der Waals surface area (Å²) in [5.74, 6) is 0. The summed E-state index contributed by atoms with van der Waals surface area (Å²) in [6, 6.07) is 14.6. The Morgan fingerprint density at radius 2 is 1.50 bits per heavy atom. The van der Waals surface area contributed by atoms with E-state index < -0.39 is 9.84 Å². The van der Waals surface area contributed by atoms with E-state index in [0.717, 1.165) is 16.7 Å². The maximum absolute atomic E-state index is 12.6. The molecule has 0 N–H and O–H groups in total. The largest absolute Gasteiger partial charge is 0.386 e. The normalized spacial score (nSPS) is 17.9. The molecule has 0 aliphatic carbocycles. The Hall–Kier alpha value is -2.14.